The number of likely N-dealkylation sites (tertiary alicyclic amines) is 1. The van der Waals surface area contributed by atoms with Crippen LogP contribution in [0.5, 0.6) is 0 Å². The highest BCUT2D eigenvalue weighted by molar-refractivity contribution is 7.12. The molecule has 1 amide bonds. The lowest BCUT2D eigenvalue weighted by molar-refractivity contribution is -0.134. The molecule has 1 N–H and O–H groups in total. The van der Waals surface area contributed by atoms with E-state index < -0.39 is 0 Å². The second kappa shape index (κ2) is 6.53. The number of amides is 1. The summed E-state index contributed by atoms with van der Waals surface area (Å²) in [6, 6.07) is 4.42. The zero-order valence-electron chi connectivity index (χ0n) is 12.1. The van der Waals surface area contributed by atoms with E-state index in [-0.39, 0.29) is 18.0 Å². The van der Waals surface area contributed by atoms with Crippen LogP contribution in [0.2, 0.25) is 0 Å². The molecule has 2 unspecified atom stereocenters. The molecule has 2 heterocycles. The molecule has 0 aliphatic carbocycles. The maximum atomic E-state index is 12.3. The maximum Gasteiger partial charge on any atom is 0.239 e. The molecule has 4 heteroatoms. The Morgan fingerprint density at radius 3 is 2.53 bits per heavy atom. The predicted octanol–water partition coefficient (Wildman–Crippen LogP) is 3.11. The molecular weight excluding hydrogens is 256 g/mol. The van der Waals surface area contributed by atoms with Crippen molar-refractivity contribution in [3.8, 4) is 0 Å². The van der Waals surface area contributed by atoms with Gasteiger partial charge in [0.1, 0.15) is 0 Å². The van der Waals surface area contributed by atoms with Crippen LogP contribution in [-0.2, 0) is 4.79 Å². The zero-order valence-corrected chi connectivity index (χ0v) is 12.9. The molecule has 2 atom stereocenters. The van der Waals surface area contributed by atoms with Crippen LogP contribution >= 0.6 is 11.3 Å². The van der Waals surface area contributed by atoms with Gasteiger partial charge in [0.2, 0.25) is 5.91 Å². The Bertz CT molecular complexity index is 424. The van der Waals surface area contributed by atoms with Gasteiger partial charge >= 0.3 is 0 Å². The standard InChI is InChI=1S/C15H24N2OS/c1-11-7-8-14(19-11)12(2)16-13(3)15(18)17-9-5-4-6-10-17/h7-8,12-13,16H,4-6,9-10H2,1-3H3. The molecule has 19 heavy (non-hydrogen) atoms. The second-order valence-corrected chi connectivity index (χ2v) is 6.76. The number of nitrogens with one attached hydrogen (secondary N) is 1. The third kappa shape index (κ3) is 3.80. The molecular formula is C15H24N2OS. The van der Waals surface area contributed by atoms with Gasteiger partial charge in [0.15, 0.2) is 0 Å². The van der Waals surface area contributed by atoms with Crippen molar-refractivity contribution in [2.75, 3.05) is 13.1 Å². The van der Waals surface area contributed by atoms with E-state index in [0.717, 1.165) is 25.9 Å². The van der Waals surface area contributed by atoms with Gasteiger partial charge < -0.3 is 4.90 Å². The summed E-state index contributed by atoms with van der Waals surface area (Å²) < 4.78 is 0. The van der Waals surface area contributed by atoms with Crippen LogP contribution in [0, 0.1) is 6.92 Å². The Kier molecular flexibility index (Phi) is 4.99. The average molecular weight is 280 g/mol. The Hall–Kier alpha value is -0.870. The SMILES string of the molecule is Cc1ccc(C(C)NC(C)C(=O)N2CCCCC2)s1. The molecule has 0 radical (unpaired) electrons. The van der Waals surface area contributed by atoms with Crippen LogP contribution < -0.4 is 5.32 Å². The van der Waals surface area contributed by atoms with E-state index in [2.05, 4.69) is 31.3 Å². The first kappa shape index (κ1) is 14.5. The van der Waals surface area contributed by atoms with Gasteiger partial charge in [-0.1, -0.05) is 0 Å². The highest BCUT2D eigenvalue weighted by Crippen LogP contribution is 2.23. The number of hydrogen-bond donors (Lipinski definition) is 1. The van der Waals surface area contributed by atoms with Crippen molar-refractivity contribution >= 4 is 17.2 Å². The summed E-state index contributed by atoms with van der Waals surface area (Å²) in [6.07, 6.45) is 3.56. The van der Waals surface area contributed by atoms with Crippen molar-refractivity contribution in [2.24, 2.45) is 0 Å². The first-order chi connectivity index (χ1) is 9.08. The first-order valence-corrected chi connectivity index (χ1v) is 8.01. The van der Waals surface area contributed by atoms with E-state index in [1.165, 1.54) is 16.2 Å². The summed E-state index contributed by atoms with van der Waals surface area (Å²) in [6.45, 7) is 8.08. The highest BCUT2D eigenvalue weighted by Gasteiger charge is 2.23. The molecule has 2 rings (SSSR count). The fraction of sp³-hybridized carbons (Fsp3) is 0.667. The lowest BCUT2D eigenvalue weighted by Crippen LogP contribution is -2.47. The summed E-state index contributed by atoms with van der Waals surface area (Å²) in [7, 11) is 0. The maximum absolute atomic E-state index is 12.3. The summed E-state index contributed by atoms with van der Waals surface area (Å²) >= 11 is 1.80. The third-order valence-electron chi connectivity index (χ3n) is 3.73. The summed E-state index contributed by atoms with van der Waals surface area (Å²) in [4.78, 5) is 17.0. The van der Waals surface area contributed by atoms with Crippen molar-refractivity contribution in [3.05, 3.63) is 21.9 Å². The van der Waals surface area contributed by atoms with Crippen molar-refractivity contribution in [1.82, 2.24) is 10.2 Å². The molecule has 3 nitrogen and oxygen atoms in total. The lowest BCUT2D eigenvalue weighted by atomic mass is 10.1. The summed E-state index contributed by atoms with van der Waals surface area (Å²) in [5.41, 5.74) is 0. The Balaban J connectivity index is 1.89. The minimum Gasteiger partial charge on any atom is -0.341 e. The summed E-state index contributed by atoms with van der Waals surface area (Å²) in [5, 5.41) is 3.43. The van der Waals surface area contributed by atoms with Crippen molar-refractivity contribution < 1.29 is 4.79 Å². The van der Waals surface area contributed by atoms with Crippen molar-refractivity contribution in [2.45, 2.75) is 52.1 Å². The van der Waals surface area contributed by atoms with Crippen LogP contribution in [0.3, 0.4) is 0 Å². The molecule has 1 aliphatic heterocycles. The van der Waals surface area contributed by atoms with Gasteiger partial charge in [0.05, 0.1) is 6.04 Å². The molecule has 0 spiro atoms. The molecule has 0 saturated carbocycles. The van der Waals surface area contributed by atoms with Gasteiger partial charge in [-0.3, -0.25) is 10.1 Å². The Morgan fingerprint density at radius 1 is 1.26 bits per heavy atom. The van der Waals surface area contributed by atoms with E-state index in [4.69, 9.17) is 0 Å². The molecule has 1 aromatic rings. The fourth-order valence-electron chi connectivity index (χ4n) is 2.60. The largest absolute Gasteiger partial charge is 0.341 e. The van der Waals surface area contributed by atoms with E-state index in [9.17, 15) is 4.79 Å². The van der Waals surface area contributed by atoms with Gasteiger partial charge in [-0.05, 0) is 52.2 Å². The summed E-state index contributed by atoms with van der Waals surface area (Å²) in [5.74, 6) is 0.250. The first-order valence-electron chi connectivity index (χ1n) is 7.19. The number of carbonyl (C=O) groups is 1. The van der Waals surface area contributed by atoms with E-state index >= 15 is 0 Å². The van der Waals surface area contributed by atoms with Crippen LogP contribution in [0.4, 0.5) is 0 Å². The monoisotopic (exact) mass is 280 g/mol. The number of thiophene rings is 1. The minimum atomic E-state index is -0.101. The molecule has 1 saturated heterocycles. The van der Waals surface area contributed by atoms with Crippen LogP contribution in [0.15, 0.2) is 12.1 Å². The molecule has 0 aromatic carbocycles. The molecule has 1 aliphatic rings. The minimum absolute atomic E-state index is 0.101. The number of nitrogens with zero attached hydrogens (tertiary/aromatic N) is 1. The molecule has 1 fully saturated rings. The highest BCUT2D eigenvalue weighted by atomic mass is 32.1. The molecule has 1 aromatic heterocycles. The zero-order chi connectivity index (χ0) is 13.8. The van der Waals surface area contributed by atoms with E-state index in [1.54, 1.807) is 11.3 Å². The second-order valence-electron chi connectivity index (χ2n) is 5.44. The van der Waals surface area contributed by atoms with Gasteiger partial charge in [-0.25, -0.2) is 0 Å². The molecule has 106 valence electrons. The van der Waals surface area contributed by atoms with Gasteiger partial charge in [-0.15, -0.1) is 11.3 Å². The number of hydrogen-bond acceptors (Lipinski definition) is 3. The van der Waals surface area contributed by atoms with Crippen LogP contribution in [0.1, 0.15) is 48.9 Å². The lowest BCUT2D eigenvalue weighted by Gasteiger charge is -2.30. The predicted molar refractivity (Wildman–Crippen MR) is 80.5 cm³/mol. The fourth-order valence-corrected chi connectivity index (χ4v) is 3.49. The average Bonchev–Trinajstić information content (AvgIpc) is 2.85. The third-order valence-corrected chi connectivity index (χ3v) is 4.91. The van der Waals surface area contributed by atoms with Crippen LogP contribution in [0.25, 0.3) is 0 Å². The van der Waals surface area contributed by atoms with Crippen molar-refractivity contribution in [1.29, 1.82) is 0 Å². The number of rotatable bonds is 4. The number of piperidine rings is 1. The van der Waals surface area contributed by atoms with Gasteiger partial charge in [0.25, 0.3) is 0 Å². The number of carbonyl (C=O) groups excluding carboxylic acids is 1. The van der Waals surface area contributed by atoms with E-state index in [0.29, 0.717) is 0 Å². The van der Waals surface area contributed by atoms with Gasteiger partial charge in [0, 0.05) is 28.9 Å². The van der Waals surface area contributed by atoms with Crippen LogP contribution in [-0.4, -0.2) is 29.9 Å². The Morgan fingerprint density at radius 2 is 1.95 bits per heavy atom. The van der Waals surface area contributed by atoms with Gasteiger partial charge in [-0.2, -0.15) is 0 Å². The topological polar surface area (TPSA) is 32.3 Å². The molecule has 0 bridgehead atoms. The van der Waals surface area contributed by atoms with Crippen molar-refractivity contribution in [3.63, 3.8) is 0 Å². The Labute approximate surface area is 120 Å². The van der Waals surface area contributed by atoms with E-state index in [1.807, 2.05) is 11.8 Å². The number of aryl methyl sites for hydroxylation is 1. The normalized spacial score (nSPS) is 19.2. The smallest absolute Gasteiger partial charge is 0.239 e. The quantitative estimate of drug-likeness (QED) is 0.919.